The first-order chi connectivity index (χ1) is 6.29. The van der Waals surface area contributed by atoms with Gasteiger partial charge in [-0.25, -0.2) is 8.93 Å². The van der Waals surface area contributed by atoms with Crippen molar-refractivity contribution in [3.8, 4) is 0 Å². The van der Waals surface area contributed by atoms with Crippen LogP contribution >= 0.6 is 0 Å². The van der Waals surface area contributed by atoms with E-state index in [0.717, 1.165) is 0 Å². The van der Waals surface area contributed by atoms with Crippen molar-refractivity contribution in [2.45, 2.75) is 38.0 Å². The molecule has 0 heterocycles. The van der Waals surface area contributed by atoms with Crippen LogP contribution in [0.25, 0.3) is 0 Å². The second kappa shape index (κ2) is 5.26. The molecule has 0 aromatic heterocycles. The lowest BCUT2D eigenvalue weighted by Gasteiger charge is -2.21. The van der Waals surface area contributed by atoms with Crippen LogP contribution in [0.3, 0.4) is 0 Å². The Bertz CT molecular complexity index is 245. The zero-order valence-electron chi connectivity index (χ0n) is 8.74. The van der Waals surface area contributed by atoms with Gasteiger partial charge in [0.15, 0.2) is 0 Å². The third-order valence-electron chi connectivity index (χ3n) is 1.51. The van der Waals surface area contributed by atoms with Crippen LogP contribution in [0.2, 0.25) is 0 Å². The first-order valence-corrected chi connectivity index (χ1v) is 5.45. The molecule has 5 heteroatoms. The Morgan fingerprint density at radius 1 is 1.64 bits per heavy atom. The van der Waals surface area contributed by atoms with E-state index in [1.165, 1.54) is 6.08 Å². The summed E-state index contributed by atoms with van der Waals surface area (Å²) in [5.41, 5.74) is 0. The predicted molar refractivity (Wildman–Crippen MR) is 57.3 cm³/mol. The minimum absolute atomic E-state index is 0.261. The lowest BCUT2D eigenvalue weighted by atomic mass is 10.2. The Kier molecular flexibility index (Phi) is 5.01. The highest BCUT2D eigenvalue weighted by Crippen LogP contribution is 2.10. The molecular formula is C9H17NO3S. The van der Waals surface area contributed by atoms with Gasteiger partial charge in [-0.3, -0.25) is 4.79 Å². The highest BCUT2D eigenvalue weighted by atomic mass is 32.2. The lowest BCUT2D eigenvalue weighted by Crippen LogP contribution is -2.43. The lowest BCUT2D eigenvalue weighted by molar-refractivity contribution is -0.138. The zero-order valence-corrected chi connectivity index (χ0v) is 9.56. The molecule has 0 radical (unpaired) electrons. The molecule has 0 bridgehead atoms. The van der Waals surface area contributed by atoms with Crippen molar-refractivity contribution in [1.29, 1.82) is 0 Å². The smallest absolute Gasteiger partial charge is 0.321 e. The van der Waals surface area contributed by atoms with Crippen LogP contribution in [0, 0.1) is 0 Å². The summed E-state index contributed by atoms with van der Waals surface area (Å²) in [5, 5.41) is 8.77. The fourth-order valence-corrected chi connectivity index (χ4v) is 1.48. The molecule has 0 amide bonds. The Morgan fingerprint density at radius 2 is 2.14 bits per heavy atom. The Labute approximate surface area is 87.0 Å². The second-order valence-electron chi connectivity index (χ2n) is 3.91. The first kappa shape index (κ1) is 13.3. The molecule has 0 aromatic rings. The van der Waals surface area contributed by atoms with Gasteiger partial charge in [0.1, 0.15) is 6.04 Å². The van der Waals surface area contributed by atoms with Crippen molar-refractivity contribution < 1.29 is 14.1 Å². The summed E-state index contributed by atoms with van der Waals surface area (Å²) in [4.78, 5) is 10.7. The zero-order chi connectivity index (χ0) is 11.4. The summed E-state index contributed by atoms with van der Waals surface area (Å²) in [6.45, 7) is 8.79. The molecule has 0 saturated carbocycles. The predicted octanol–water partition coefficient (Wildman–Crippen LogP) is 1.07. The van der Waals surface area contributed by atoms with E-state index in [0.29, 0.717) is 0 Å². The number of hydrogen-bond acceptors (Lipinski definition) is 2. The molecule has 4 nitrogen and oxygen atoms in total. The number of hydrogen-bond donors (Lipinski definition) is 2. The fourth-order valence-electron chi connectivity index (χ4n) is 0.672. The molecule has 0 rings (SSSR count). The number of carbonyl (C=O) groups is 1. The third-order valence-corrected chi connectivity index (χ3v) is 3.12. The Hall–Kier alpha value is -0.680. The van der Waals surface area contributed by atoms with Crippen molar-refractivity contribution in [2.75, 3.05) is 0 Å². The second-order valence-corrected chi connectivity index (χ2v) is 5.91. The summed E-state index contributed by atoms with van der Waals surface area (Å²) in [7, 11) is -1.37. The summed E-state index contributed by atoms with van der Waals surface area (Å²) in [6, 6.07) is -0.826. The minimum Gasteiger partial charge on any atom is -0.480 e. The normalized spacial score (nSPS) is 15.9. The molecule has 0 aliphatic rings. The molecule has 0 aliphatic carbocycles. The maximum absolute atomic E-state index is 11.6. The topological polar surface area (TPSA) is 66.4 Å². The molecule has 0 saturated heterocycles. The van der Waals surface area contributed by atoms with Crippen molar-refractivity contribution in [3.05, 3.63) is 12.7 Å². The molecule has 2 atom stereocenters. The Balaban J connectivity index is 4.38. The monoisotopic (exact) mass is 219 g/mol. The first-order valence-electron chi connectivity index (χ1n) is 4.30. The molecule has 14 heavy (non-hydrogen) atoms. The SMILES string of the molecule is C=CC[C@@H](NS(=O)C(C)(C)C)C(=O)O. The van der Waals surface area contributed by atoms with Gasteiger partial charge >= 0.3 is 5.97 Å². The molecule has 0 aromatic carbocycles. The van der Waals surface area contributed by atoms with Gasteiger partial charge in [-0.15, -0.1) is 6.58 Å². The van der Waals surface area contributed by atoms with E-state index >= 15 is 0 Å². The Morgan fingerprint density at radius 3 is 2.43 bits per heavy atom. The van der Waals surface area contributed by atoms with Crippen LogP contribution in [-0.2, 0) is 15.8 Å². The summed E-state index contributed by atoms with van der Waals surface area (Å²) < 4.78 is 13.7. The molecule has 0 fully saturated rings. The third kappa shape index (κ3) is 4.53. The number of carboxylic acids is 1. The number of nitrogens with one attached hydrogen (secondary N) is 1. The molecular weight excluding hydrogens is 202 g/mol. The summed E-state index contributed by atoms with van der Waals surface area (Å²) in [5.74, 6) is -1.01. The quantitative estimate of drug-likeness (QED) is 0.680. The van der Waals surface area contributed by atoms with E-state index < -0.39 is 27.7 Å². The van der Waals surface area contributed by atoms with E-state index in [1.807, 2.05) is 0 Å². The van der Waals surface area contributed by atoms with E-state index in [9.17, 15) is 9.00 Å². The van der Waals surface area contributed by atoms with Crippen LogP contribution in [0.1, 0.15) is 27.2 Å². The largest absolute Gasteiger partial charge is 0.480 e. The van der Waals surface area contributed by atoms with Gasteiger partial charge < -0.3 is 5.11 Å². The highest BCUT2D eigenvalue weighted by Gasteiger charge is 2.25. The molecule has 1 unspecified atom stereocenters. The number of carboxylic acid groups (broad SMARTS) is 1. The van der Waals surface area contributed by atoms with Gasteiger partial charge in [-0.2, -0.15) is 0 Å². The van der Waals surface area contributed by atoms with Crippen molar-refractivity contribution in [3.63, 3.8) is 0 Å². The summed E-state index contributed by atoms with van der Waals surface area (Å²) in [6.07, 6.45) is 1.75. The van der Waals surface area contributed by atoms with E-state index in [2.05, 4.69) is 11.3 Å². The van der Waals surface area contributed by atoms with Crippen LogP contribution < -0.4 is 4.72 Å². The average Bonchev–Trinajstić information content (AvgIpc) is 2.01. The van der Waals surface area contributed by atoms with E-state index in [-0.39, 0.29) is 6.42 Å². The van der Waals surface area contributed by atoms with Crippen molar-refractivity contribution in [2.24, 2.45) is 0 Å². The van der Waals surface area contributed by atoms with Gasteiger partial charge in [0.2, 0.25) is 0 Å². The van der Waals surface area contributed by atoms with Gasteiger partial charge in [0.05, 0.1) is 15.7 Å². The molecule has 2 N–H and O–H groups in total. The van der Waals surface area contributed by atoms with Gasteiger partial charge in [0, 0.05) is 0 Å². The maximum atomic E-state index is 11.6. The van der Waals surface area contributed by atoms with Gasteiger partial charge in [-0.05, 0) is 27.2 Å². The summed E-state index contributed by atoms with van der Waals surface area (Å²) >= 11 is 0. The van der Waals surface area contributed by atoms with Gasteiger partial charge in [0.25, 0.3) is 0 Å². The maximum Gasteiger partial charge on any atom is 0.321 e. The average molecular weight is 219 g/mol. The minimum atomic E-state index is -1.37. The van der Waals surface area contributed by atoms with Crippen LogP contribution in [0.15, 0.2) is 12.7 Å². The molecule has 0 aliphatic heterocycles. The molecule has 82 valence electrons. The van der Waals surface area contributed by atoms with Crippen LogP contribution in [0.5, 0.6) is 0 Å². The van der Waals surface area contributed by atoms with Crippen LogP contribution in [0.4, 0.5) is 0 Å². The number of aliphatic carboxylic acids is 1. The fraction of sp³-hybridized carbons (Fsp3) is 0.667. The highest BCUT2D eigenvalue weighted by molar-refractivity contribution is 7.84. The van der Waals surface area contributed by atoms with Crippen molar-refractivity contribution in [1.82, 2.24) is 4.72 Å². The van der Waals surface area contributed by atoms with E-state index in [4.69, 9.17) is 5.11 Å². The van der Waals surface area contributed by atoms with Crippen LogP contribution in [-0.4, -0.2) is 26.1 Å². The van der Waals surface area contributed by atoms with Gasteiger partial charge in [-0.1, -0.05) is 6.08 Å². The van der Waals surface area contributed by atoms with Crippen molar-refractivity contribution >= 4 is 17.0 Å². The number of rotatable bonds is 5. The molecule has 0 spiro atoms. The van der Waals surface area contributed by atoms with E-state index in [1.54, 1.807) is 20.8 Å². The standard InChI is InChI=1S/C9H17NO3S/c1-5-6-7(8(11)12)10-14(13)9(2,3)4/h5,7,10H,1,6H2,2-4H3,(H,11,12)/t7-,14?/m1/s1.